The molecule has 1 amide bonds. The number of phenolic OH excluding ortho intramolecular Hbond substituents is 1. The first-order valence-corrected chi connectivity index (χ1v) is 6.31. The molecule has 0 spiro atoms. The first kappa shape index (κ1) is 15.1. The van der Waals surface area contributed by atoms with Crippen molar-refractivity contribution in [3.8, 4) is 5.75 Å². The number of nitrogens with one attached hydrogen (secondary N) is 1. The van der Waals surface area contributed by atoms with Crippen LogP contribution in [0.2, 0.25) is 10.0 Å². The van der Waals surface area contributed by atoms with E-state index >= 15 is 0 Å². The van der Waals surface area contributed by atoms with E-state index in [1.165, 1.54) is 12.1 Å². The zero-order chi connectivity index (χ0) is 13.7. The highest BCUT2D eigenvalue weighted by Gasteiger charge is 2.18. The van der Waals surface area contributed by atoms with Gasteiger partial charge in [-0.1, -0.05) is 23.2 Å². The Morgan fingerprint density at radius 3 is 2.67 bits per heavy atom. The second kappa shape index (κ2) is 6.83. The molecule has 4 nitrogen and oxygen atoms in total. The van der Waals surface area contributed by atoms with Crippen LogP contribution in [0, 0.1) is 0 Å². The summed E-state index contributed by atoms with van der Waals surface area (Å²) in [5.41, 5.74) is 0.0110. The number of aromatic hydroxyl groups is 1. The van der Waals surface area contributed by atoms with Gasteiger partial charge in [0.05, 0.1) is 10.6 Å². The van der Waals surface area contributed by atoms with Crippen molar-refractivity contribution in [2.45, 2.75) is 25.8 Å². The van der Waals surface area contributed by atoms with Crippen LogP contribution < -0.4 is 5.32 Å². The van der Waals surface area contributed by atoms with E-state index in [-0.39, 0.29) is 34.0 Å². The number of aliphatic hydroxyl groups excluding tert-OH is 1. The summed E-state index contributed by atoms with van der Waals surface area (Å²) < 4.78 is 0. The van der Waals surface area contributed by atoms with E-state index in [0.29, 0.717) is 12.8 Å². The van der Waals surface area contributed by atoms with Gasteiger partial charge in [-0.3, -0.25) is 4.79 Å². The van der Waals surface area contributed by atoms with Gasteiger partial charge in [0.1, 0.15) is 5.75 Å². The highest BCUT2D eigenvalue weighted by Crippen LogP contribution is 2.29. The van der Waals surface area contributed by atoms with E-state index in [0.717, 1.165) is 0 Å². The summed E-state index contributed by atoms with van der Waals surface area (Å²) in [6.07, 6.45) is 1.25. The van der Waals surface area contributed by atoms with Crippen molar-refractivity contribution in [2.75, 3.05) is 6.61 Å². The van der Waals surface area contributed by atoms with Crippen LogP contribution >= 0.6 is 23.2 Å². The fourth-order valence-electron chi connectivity index (χ4n) is 1.55. The lowest BCUT2D eigenvalue weighted by molar-refractivity contribution is 0.0934. The molecular formula is C12H15Cl2NO3. The largest absolute Gasteiger partial charge is 0.507 e. The summed E-state index contributed by atoms with van der Waals surface area (Å²) in [6, 6.07) is 2.55. The maximum atomic E-state index is 11.9. The van der Waals surface area contributed by atoms with E-state index in [2.05, 4.69) is 5.32 Å². The van der Waals surface area contributed by atoms with Crippen molar-refractivity contribution in [1.82, 2.24) is 5.32 Å². The third-order valence-electron chi connectivity index (χ3n) is 2.43. The molecule has 100 valence electrons. The molecule has 1 atom stereocenters. The highest BCUT2D eigenvalue weighted by atomic mass is 35.5. The van der Waals surface area contributed by atoms with Crippen molar-refractivity contribution in [1.29, 1.82) is 0 Å². The Hall–Kier alpha value is -0.970. The van der Waals surface area contributed by atoms with Gasteiger partial charge in [-0.2, -0.15) is 0 Å². The van der Waals surface area contributed by atoms with Gasteiger partial charge < -0.3 is 15.5 Å². The number of halogens is 2. The van der Waals surface area contributed by atoms with Gasteiger partial charge in [0.2, 0.25) is 0 Å². The summed E-state index contributed by atoms with van der Waals surface area (Å²) >= 11 is 11.6. The molecule has 0 aliphatic carbocycles. The van der Waals surface area contributed by atoms with Crippen molar-refractivity contribution >= 4 is 29.1 Å². The number of rotatable bonds is 5. The lowest BCUT2D eigenvalue weighted by atomic mass is 10.1. The molecule has 1 rings (SSSR count). The molecule has 0 aliphatic rings. The number of carbonyl (C=O) groups excluding carboxylic acids is 1. The van der Waals surface area contributed by atoms with Gasteiger partial charge in [-0.05, 0) is 31.9 Å². The molecule has 0 fully saturated rings. The minimum atomic E-state index is -0.459. The van der Waals surface area contributed by atoms with Gasteiger partial charge in [-0.15, -0.1) is 0 Å². The van der Waals surface area contributed by atoms with E-state index in [9.17, 15) is 9.90 Å². The molecule has 6 heteroatoms. The molecule has 1 aromatic rings. The second-order valence-electron chi connectivity index (χ2n) is 4.02. The fraction of sp³-hybridized carbons (Fsp3) is 0.417. The lowest BCUT2D eigenvalue weighted by Crippen LogP contribution is -2.32. The fourth-order valence-corrected chi connectivity index (χ4v) is 2.12. The average molecular weight is 292 g/mol. The van der Waals surface area contributed by atoms with Crippen LogP contribution in [0.5, 0.6) is 5.75 Å². The number of hydrogen-bond donors (Lipinski definition) is 3. The van der Waals surface area contributed by atoms with Gasteiger partial charge in [-0.25, -0.2) is 0 Å². The number of aliphatic hydroxyl groups is 1. The molecule has 0 radical (unpaired) electrons. The normalized spacial score (nSPS) is 12.2. The molecule has 0 saturated carbocycles. The van der Waals surface area contributed by atoms with Crippen LogP contribution in [0.15, 0.2) is 12.1 Å². The molecule has 1 unspecified atom stereocenters. The summed E-state index contributed by atoms with van der Waals surface area (Å²) in [5.74, 6) is -0.709. The Bertz CT molecular complexity index is 414. The van der Waals surface area contributed by atoms with Crippen LogP contribution in [-0.2, 0) is 0 Å². The van der Waals surface area contributed by atoms with Crippen LogP contribution in [-0.4, -0.2) is 28.8 Å². The smallest absolute Gasteiger partial charge is 0.256 e. The predicted octanol–water partition coefficient (Wildman–Crippen LogP) is 2.59. The van der Waals surface area contributed by atoms with Gasteiger partial charge in [0.15, 0.2) is 0 Å². The van der Waals surface area contributed by atoms with Crippen LogP contribution in [0.1, 0.15) is 30.1 Å². The maximum absolute atomic E-state index is 11.9. The topological polar surface area (TPSA) is 69.6 Å². The number of hydrogen-bond acceptors (Lipinski definition) is 3. The summed E-state index contributed by atoms with van der Waals surface area (Å²) in [6.45, 7) is 1.89. The second-order valence-corrected chi connectivity index (χ2v) is 4.87. The van der Waals surface area contributed by atoms with E-state index < -0.39 is 5.91 Å². The van der Waals surface area contributed by atoms with Crippen LogP contribution in [0.4, 0.5) is 0 Å². The zero-order valence-corrected chi connectivity index (χ0v) is 11.4. The minimum Gasteiger partial charge on any atom is -0.507 e. The summed E-state index contributed by atoms with van der Waals surface area (Å²) in [5, 5.41) is 21.4. The number of phenols is 1. The van der Waals surface area contributed by atoms with Crippen LogP contribution in [0.3, 0.4) is 0 Å². The Labute approximate surface area is 116 Å². The summed E-state index contributed by atoms with van der Waals surface area (Å²) in [7, 11) is 0. The third kappa shape index (κ3) is 4.05. The molecule has 0 heterocycles. The summed E-state index contributed by atoms with van der Waals surface area (Å²) in [4.78, 5) is 11.9. The van der Waals surface area contributed by atoms with E-state index in [1.54, 1.807) is 0 Å². The minimum absolute atomic E-state index is 0.0110. The molecule has 0 bridgehead atoms. The Balaban J connectivity index is 2.78. The number of carbonyl (C=O) groups is 1. The molecule has 0 aliphatic heterocycles. The van der Waals surface area contributed by atoms with Gasteiger partial charge in [0.25, 0.3) is 5.91 Å². The number of benzene rings is 1. The van der Waals surface area contributed by atoms with Crippen molar-refractivity contribution in [3.63, 3.8) is 0 Å². The third-order valence-corrected chi connectivity index (χ3v) is 2.95. The number of amides is 1. The first-order chi connectivity index (χ1) is 8.45. The Kier molecular flexibility index (Phi) is 5.72. The molecule has 18 heavy (non-hydrogen) atoms. The quantitative estimate of drug-likeness (QED) is 0.781. The Morgan fingerprint density at radius 1 is 1.44 bits per heavy atom. The van der Waals surface area contributed by atoms with Crippen LogP contribution in [0.25, 0.3) is 0 Å². The molecule has 3 N–H and O–H groups in total. The van der Waals surface area contributed by atoms with E-state index in [1.807, 2.05) is 6.92 Å². The SMILES string of the molecule is CC(CCCO)NC(=O)c1c(O)cc(Cl)cc1Cl. The standard InChI is InChI=1S/C12H15Cl2NO3/c1-7(3-2-4-16)15-12(18)11-9(14)5-8(13)6-10(11)17/h5-7,16-17H,2-4H2,1H3,(H,15,18). The van der Waals surface area contributed by atoms with Crippen molar-refractivity contribution in [2.24, 2.45) is 0 Å². The first-order valence-electron chi connectivity index (χ1n) is 5.55. The monoisotopic (exact) mass is 291 g/mol. The van der Waals surface area contributed by atoms with E-state index in [4.69, 9.17) is 28.3 Å². The maximum Gasteiger partial charge on any atom is 0.256 e. The van der Waals surface area contributed by atoms with Gasteiger partial charge >= 0.3 is 0 Å². The lowest BCUT2D eigenvalue weighted by Gasteiger charge is -2.14. The molecule has 1 aromatic carbocycles. The molecule has 0 saturated heterocycles. The average Bonchev–Trinajstić information content (AvgIpc) is 2.24. The van der Waals surface area contributed by atoms with Crippen molar-refractivity contribution < 1.29 is 15.0 Å². The van der Waals surface area contributed by atoms with Crippen molar-refractivity contribution in [3.05, 3.63) is 27.7 Å². The highest BCUT2D eigenvalue weighted by molar-refractivity contribution is 6.37. The molecular weight excluding hydrogens is 277 g/mol. The predicted molar refractivity (Wildman–Crippen MR) is 71.4 cm³/mol. The Morgan fingerprint density at radius 2 is 2.11 bits per heavy atom. The van der Waals surface area contributed by atoms with Gasteiger partial charge in [0, 0.05) is 17.7 Å². The zero-order valence-electron chi connectivity index (χ0n) is 9.91. The molecule has 0 aromatic heterocycles.